The van der Waals surface area contributed by atoms with E-state index in [1.807, 2.05) is 0 Å². The number of nitrogen functional groups attached to an aromatic ring is 1. The molecule has 1 fully saturated rings. The van der Waals surface area contributed by atoms with Crippen LogP contribution in [0.25, 0.3) is 0 Å². The largest absolute Gasteiger partial charge is 0.382 e. The molecule has 96 valence electrons. The molecule has 4 heteroatoms. The smallest absolute Gasteiger partial charge is 0.148 e. The summed E-state index contributed by atoms with van der Waals surface area (Å²) in [5.74, 6) is 0.673. The van der Waals surface area contributed by atoms with E-state index in [2.05, 4.69) is 17.1 Å². The van der Waals surface area contributed by atoms with Gasteiger partial charge in [0, 0.05) is 17.9 Å². The monoisotopic (exact) mass is 237 g/mol. The predicted octanol–water partition coefficient (Wildman–Crippen LogP) is 2.45. The Bertz CT molecular complexity index is 342. The van der Waals surface area contributed by atoms with Crippen LogP contribution in [0.3, 0.4) is 0 Å². The van der Waals surface area contributed by atoms with Crippen molar-refractivity contribution in [1.82, 2.24) is 10.2 Å². The Morgan fingerprint density at radius 3 is 3.00 bits per heavy atom. The average molecular weight is 237 g/mol. The Kier molecular flexibility index (Phi) is 4.42. The lowest BCUT2D eigenvalue weighted by atomic mass is 10.0. The Balaban J connectivity index is 1.89. The quantitative estimate of drug-likeness (QED) is 0.826. The van der Waals surface area contributed by atoms with Crippen LogP contribution in [-0.4, -0.2) is 22.9 Å². The number of nitrogens with one attached hydrogen (secondary N) is 1. The van der Waals surface area contributed by atoms with Crippen LogP contribution < -0.4 is 5.73 Å². The summed E-state index contributed by atoms with van der Waals surface area (Å²) >= 11 is 0. The van der Waals surface area contributed by atoms with Gasteiger partial charge >= 0.3 is 0 Å². The molecule has 1 aromatic heterocycles. The number of aromatic amines is 1. The van der Waals surface area contributed by atoms with Crippen molar-refractivity contribution in [3.05, 3.63) is 11.3 Å². The number of aromatic nitrogens is 2. The van der Waals surface area contributed by atoms with Crippen LogP contribution in [-0.2, 0) is 17.6 Å². The molecule has 2 heterocycles. The van der Waals surface area contributed by atoms with Gasteiger partial charge in [-0.3, -0.25) is 5.10 Å². The number of nitrogens with two attached hydrogens (primary N) is 1. The molecule has 0 aliphatic carbocycles. The number of hydrogen-bond acceptors (Lipinski definition) is 3. The number of anilines is 1. The molecule has 0 radical (unpaired) electrons. The second kappa shape index (κ2) is 6.05. The van der Waals surface area contributed by atoms with E-state index in [-0.39, 0.29) is 0 Å². The zero-order chi connectivity index (χ0) is 12.1. The highest BCUT2D eigenvalue weighted by Crippen LogP contribution is 2.21. The van der Waals surface area contributed by atoms with Crippen LogP contribution in [0.1, 0.15) is 50.3 Å². The SMILES string of the molecule is CCCc1c(N)n[nH]c1CCC1CCCCO1. The molecule has 0 aromatic carbocycles. The number of rotatable bonds is 5. The van der Waals surface area contributed by atoms with Gasteiger partial charge in [-0.15, -0.1) is 0 Å². The van der Waals surface area contributed by atoms with Crippen molar-refractivity contribution in [3.63, 3.8) is 0 Å². The molecular weight excluding hydrogens is 214 g/mol. The summed E-state index contributed by atoms with van der Waals surface area (Å²) in [4.78, 5) is 0. The van der Waals surface area contributed by atoms with E-state index in [9.17, 15) is 0 Å². The van der Waals surface area contributed by atoms with Crippen molar-refractivity contribution in [3.8, 4) is 0 Å². The van der Waals surface area contributed by atoms with Gasteiger partial charge in [0.15, 0.2) is 0 Å². The van der Waals surface area contributed by atoms with Crippen LogP contribution >= 0.6 is 0 Å². The van der Waals surface area contributed by atoms with Crippen LogP contribution in [0.5, 0.6) is 0 Å². The van der Waals surface area contributed by atoms with Crippen molar-refractivity contribution in [1.29, 1.82) is 0 Å². The summed E-state index contributed by atoms with van der Waals surface area (Å²) < 4.78 is 5.74. The zero-order valence-electron chi connectivity index (χ0n) is 10.7. The molecule has 0 amide bonds. The molecule has 17 heavy (non-hydrogen) atoms. The molecule has 1 aliphatic heterocycles. The summed E-state index contributed by atoms with van der Waals surface area (Å²) in [6.45, 7) is 3.10. The molecule has 1 unspecified atom stereocenters. The maximum atomic E-state index is 5.86. The van der Waals surface area contributed by atoms with E-state index in [0.717, 1.165) is 32.3 Å². The first kappa shape index (κ1) is 12.4. The highest BCUT2D eigenvalue weighted by Gasteiger charge is 2.16. The van der Waals surface area contributed by atoms with Crippen molar-refractivity contribution < 1.29 is 4.74 Å². The van der Waals surface area contributed by atoms with E-state index in [1.54, 1.807) is 0 Å². The fraction of sp³-hybridized carbons (Fsp3) is 0.769. The lowest BCUT2D eigenvalue weighted by Gasteiger charge is -2.22. The lowest BCUT2D eigenvalue weighted by molar-refractivity contribution is 0.0113. The van der Waals surface area contributed by atoms with Crippen LogP contribution in [0.15, 0.2) is 0 Å². The predicted molar refractivity (Wildman–Crippen MR) is 68.9 cm³/mol. The van der Waals surface area contributed by atoms with Gasteiger partial charge in [0.1, 0.15) is 5.82 Å². The fourth-order valence-electron chi connectivity index (χ4n) is 2.49. The van der Waals surface area contributed by atoms with Crippen molar-refractivity contribution in [2.24, 2.45) is 0 Å². The minimum Gasteiger partial charge on any atom is -0.382 e. The standard InChI is InChI=1S/C13H23N3O/c1-2-5-11-12(15-16-13(11)14)8-7-10-6-3-4-9-17-10/h10H,2-9H2,1H3,(H3,14,15,16). The highest BCUT2D eigenvalue weighted by atomic mass is 16.5. The molecular formula is C13H23N3O. The summed E-state index contributed by atoms with van der Waals surface area (Å²) in [7, 11) is 0. The minimum atomic E-state index is 0.433. The van der Waals surface area contributed by atoms with E-state index < -0.39 is 0 Å². The van der Waals surface area contributed by atoms with E-state index in [0.29, 0.717) is 11.9 Å². The second-order valence-corrected chi connectivity index (χ2v) is 4.84. The third-order valence-electron chi connectivity index (χ3n) is 3.48. The zero-order valence-corrected chi connectivity index (χ0v) is 10.7. The number of ether oxygens (including phenoxy) is 1. The summed E-state index contributed by atoms with van der Waals surface area (Å²) in [6.07, 6.45) is 8.36. The van der Waals surface area contributed by atoms with Gasteiger partial charge in [-0.25, -0.2) is 0 Å². The Labute approximate surface area is 103 Å². The summed E-state index contributed by atoms with van der Waals surface area (Å²) in [5, 5.41) is 7.18. The van der Waals surface area contributed by atoms with Gasteiger partial charge in [-0.1, -0.05) is 13.3 Å². The van der Waals surface area contributed by atoms with E-state index >= 15 is 0 Å². The number of aryl methyl sites for hydroxylation is 1. The van der Waals surface area contributed by atoms with Crippen LogP contribution in [0.2, 0.25) is 0 Å². The molecule has 2 rings (SSSR count). The van der Waals surface area contributed by atoms with Gasteiger partial charge in [-0.2, -0.15) is 5.10 Å². The van der Waals surface area contributed by atoms with Gasteiger partial charge in [0.25, 0.3) is 0 Å². The van der Waals surface area contributed by atoms with E-state index in [1.165, 1.54) is 30.5 Å². The number of H-pyrrole nitrogens is 1. The lowest BCUT2D eigenvalue weighted by Crippen LogP contribution is -2.19. The topological polar surface area (TPSA) is 63.9 Å². The van der Waals surface area contributed by atoms with Crippen LogP contribution in [0, 0.1) is 0 Å². The van der Waals surface area contributed by atoms with E-state index in [4.69, 9.17) is 10.5 Å². The summed E-state index contributed by atoms with van der Waals surface area (Å²) in [5.41, 5.74) is 8.28. The first-order valence-corrected chi connectivity index (χ1v) is 6.74. The number of hydrogen-bond donors (Lipinski definition) is 2. The van der Waals surface area contributed by atoms with Gasteiger partial charge in [0.2, 0.25) is 0 Å². The van der Waals surface area contributed by atoms with Gasteiger partial charge < -0.3 is 10.5 Å². The minimum absolute atomic E-state index is 0.433. The second-order valence-electron chi connectivity index (χ2n) is 4.84. The average Bonchev–Trinajstić information content (AvgIpc) is 2.70. The number of nitrogens with zero attached hydrogens (tertiary/aromatic N) is 1. The maximum Gasteiger partial charge on any atom is 0.148 e. The van der Waals surface area contributed by atoms with Crippen molar-refractivity contribution in [2.45, 2.75) is 58.0 Å². The molecule has 0 bridgehead atoms. The molecule has 0 saturated carbocycles. The van der Waals surface area contributed by atoms with Gasteiger partial charge in [0.05, 0.1) is 6.10 Å². The van der Waals surface area contributed by atoms with Gasteiger partial charge in [-0.05, 0) is 38.5 Å². The molecule has 4 nitrogen and oxygen atoms in total. The molecule has 0 spiro atoms. The first-order chi connectivity index (χ1) is 8.31. The molecule has 3 N–H and O–H groups in total. The molecule has 1 atom stereocenters. The van der Waals surface area contributed by atoms with Crippen molar-refractivity contribution in [2.75, 3.05) is 12.3 Å². The molecule has 1 saturated heterocycles. The Morgan fingerprint density at radius 1 is 1.41 bits per heavy atom. The Morgan fingerprint density at radius 2 is 2.29 bits per heavy atom. The molecule has 1 aromatic rings. The Hall–Kier alpha value is -1.03. The fourth-order valence-corrected chi connectivity index (χ4v) is 2.49. The summed E-state index contributed by atoms with van der Waals surface area (Å²) in [6, 6.07) is 0. The third-order valence-corrected chi connectivity index (χ3v) is 3.48. The highest BCUT2D eigenvalue weighted by molar-refractivity contribution is 5.42. The first-order valence-electron chi connectivity index (χ1n) is 6.74. The molecule has 1 aliphatic rings. The normalized spacial score (nSPS) is 20.6. The van der Waals surface area contributed by atoms with Crippen LogP contribution in [0.4, 0.5) is 5.82 Å². The maximum absolute atomic E-state index is 5.86. The third kappa shape index (κ3) is 3.22. The van der Waals surface area contributed by atoms with Crippen molar-refractivity contribution >= 4 is 5.82 Å².